The summed E-state index contributed by atoms with van der Waals surface area (Å²) >= 11 is 0. The van der Waals surface area contributed by atoms with Crippen molar-refractivity contribution in [2.45, 2.75) is 19.3 Å². The van der Waals surface area contributed by atoms with Crippen LogP contribution in [-0.2, 0) is 12.8 Å². The molecule has 0 aromatic heterocycles. The van der Waals surface area contributed by atoms with Gasteiger partial charge in [0.15, 0.2) is 11.5 Å². The predicted octanol–water partition coefficient (Wildman–Crippen LogP) is 6.99. The lowest BCUT2D eigenvalue weighted by molar-refractivity contribution is 0.268. The molecule has 0 radical (unpaired) electrons. The predicted molar refractivity (Wildman–Crippen MR) is 128 cm³/mol. The average Bonchev–Trinajstić information content (AvgIpc) is 2.84. The van der Waals surface area contributed by atoms with Crippen molar-refractivity contribution >= 4 is 0 Å². The summed E-state index contributed by atoms with van der Waals surface area (Å²) < 4.78 is 12.5. The molecule has 0 atom stereocenters. The number of ether oxygens (including phenoxy) is 2. The molecule has 0 aliphatic carbocycles. The Morgan fingerprint density at radius 2 is 1.10 bits per heavy atom. The van der Waals surface area contributed by atoms with Crippen LogP contribution >= 0.6 is 0 Å². The quantitative estimate of drug-likeness (QED) is 0.263. The zero-order valence-electron chi connectivity index (χ0n) is 17.7. The topological polar surface area (TPSA) is 18.5 Å². The van der Waals surface area contributed by atoms with Crippen LogP contribution in [0.5, 0.6) is 11.5 Å². The zero-order chi connectivity index (χ0) is 21.1. The highest BCUT2D eigenvalue weighted by Crippen LogP contribution is 2.38. The van der Waals surface area contributed by atoms with E-state index in [1.807, 2.05) is 24.3 Å². The fraction of sp³-hybridized carbons (Fsp3) is 0.172. The SMILES string of the molecule is c1ccc(CCCOc2c(OCCc3ccccc3)cccc2-c2ccccc2)cc1. The van der Waals surface area contributed by atoms with Gasteiger partial charge in [0, 0.05) is 12.0 Å². The molecule has 0 spiro atoms. The van der Waals surface area contributed by atoms with E-state index in [0.717, 1.165) is 41.9 Å². The van der Waals surface area contributed by atoms with Crippen LogP contribution in [0.3, 0.4) is 0 Å². The van der Waals surface area contributed by atoms with Gasteiger partial charge in [-0.3, -0.25) is 0 Å². The summed E-state index contributed by atoms with van der Waals surface area (Å²) in [5, 5.41) is 0. The Bertz CT molecular complexity index is 1040. The minimum atomic E-state index is 0.614. The Morgan fingerprint density at radius 1 is 0.484 bits per heavy atom. The highest BCUT2D eigenvalue weighted by molar-refractivity contribution is 5.73. The molecule has 2 nitrogen and oxygen atoms in total. The first-order chi connectivity index (χ1) is 15.4. The molecule has 0 aliphatic heterocycles. The average molecular weight is 409 g/mol. The lowest BCUT2D eigenvalue weighted by Gasteiger charge is -2.17. The summed E-state index contributed by atoms with van der Waals surface area (Å²) in [6.07, 6.45) is 2.82. The van der Waals surface area contributed by atoms with Gasteiger partial charge >= 0.3 is 0 Å². The van der Waals surface area contributed by atoms with Crippen LogP contribution < -0.4 is 9.47 Å². The van der Waals surface area contributed by atoms with Crippen LogP contribution in [0.15, 0.2) is 109 Å². The summed E-state index contributed by atoms with van der Waals surface area (Å²) in [4.78, 5) is 0. The fourth-order valence-electron chi connectivity index (χ4n) is 3.64. The second kappa shape index (κ2) is 11.0. The van der Waals surface area contributed by atoms with Crippen molar-refractivity contribution in [1.29, 1.82) is 0 Å². The van der Waals surface area contributed by atoms with Crippen LogP contribution in [0.1, 0.15) is 17.5 Å². The highest BCUT2D eigenvalue weighted by atomic mass is 16.5. The van der Waals surface area contributed by atoms with Crippen molar-refractivity contribution in [1.82, 2.24) is 0 Å². The van der Waals surface area contributed by atoms with Crippen molar-refractivity contribution in [3.8, 4) is 22.6 Å². The first kappa shape index (κ1) is 20.7. The third kappa shape index (κ3) is 5.99. The van der Waals surface area contributed by atoms with E-state index >= 15 is 0 Å². The van der Waals surface area contributed by atoms with Crippen molar-refractivity contribution < 1.29 is 9.47 Å². The maximum absolute atomic E-state index is 6.32. The summed E-state index contributed by atoms with van der Waals surface area (Å²) in [7, 11) is 0. The monoisotopic (exact) mass is 408 g/mol. The first-order valence-electron chi connectivity index (χ1n) is 10.9. The third-order valence-electron chi connectivity index (χ3n) is 5.25. The van der Waals surface area contributed by atoms with Gasteiger partial charge in [0.2, 0.25) is 0 Å². The number of benzene rings is 4. The van der Waals surface area contributed by atoms with Crippen LogP contribution in [-0.4, -0.2) is 13.2 Å². The number of rotatable bonds is 10. The van der Waals surface area contributed by atoms with E-state index in [4.69, 9.17) is 9.47 Å². The maximum Gasteiger partial charge on any atom is 0.168 e. The Labute approximate surface area is 185 Å². The summed E-state index contributed by atoms with van der Waals surface area (Å²) in [5.41, 5.74) is 4.81. The van der Waals surface area contributed by atoms with E-state index in [-0.39, 0.29) is 0 Å². The number of hydrogen-bond acceptors (Lipinski definition) is 2. The van der Waals surface area contributed by atoms with Gasteiger partial charge in [-0.15, -0.1) is 0 Å². The fourth-order valence-corrected chi connectivity index (χ4v) is 3.64. The Balaban J connectivity index is 1.47. The summed E-state index contributed by atoms with van der Waals surface area (Å²) in [6, 6.07) is 37.5. The van der Waals surface area contributed by atoms with Crippen molar-refractivity contribution in [3.05, 3.63) is 120 Å². The minimum absolute atomic E-state index is 0.614. The minimum Gasteiger partial charge on any atom is -0.489 e. The molecule has 0 saturated carbocycles. The van der Waals surface area contributed by atoms with E-state index in [1.165, 1.54) is 11.1 Å². The molecule has 31 heavy (non-hydrogen) atoms. The zero-order valence-corrected chi connectivity index (χ0v) is 17.7. The second-order valence-electron chi connectivity index (χ2n) is 7.52. The van der Waals surface area contributed by atoms with Gasteiger partial charge in [-0.2, -0.15) is 0 Å². The highest BCUT2D eigenvalue weighted by Gasteiger charge is 2.13. The van der Waals surface area contributed by atoms with Crippen LogP contribution in [0.4, 0.5) is 0 Å². The van der Waals surface area contributed by atoms with E-state index in [1.54, 1.807) is 0 Å². The van der Waals surface area contributed by atoms with Crippen molar-refractivity contribution in [2.24, 2.45) is 0 Å². The van der Waals surface area contributed by atoms with Crippen LogP contribution in [0, 0.1) is 0 Å². The molecule has 0 bridgehead atoms. The lowest BCUT2D eigenvalue weighted by Crippen LogP contribution is -2.06. The van der Waals surface area contributed by atoms with Crippen LogP contribution in [0.2, 0.25) is 0 Å². The standard InChI is InChI=1S/C29H28O2/c1-4-12-24(13-5-1)16-11-22-31-29-27(26-17-8-3-9-18-26)19-10-20-28(29)30-23-21-25-14-6-2-7-15-25/h1-10,12-15,17-20H,11,16,21-23H2. The molecule has 0 N–H and O–H groups in total. The maximum atomic E-state index is 6.32. The molecule has 0 heterocycles. The molecular formula is C29H28O2. The lowest BCUT2D eigenvalue weighted by atomic mass is 10.0. The third-order valence-corrected chi connectivity index (χ3v) is 5.25. The molecule has 4 aromatic carbocycles. The molecule has 0 saturated heterocycles. The van der Waals surface area contributed by atoms with Gasteiger partial charge in [-0.05, 0) is 35.6 Å². The Morgan fingerprint density at radius 3 is 1.77 bits per heavy atom. The molecule has 4 rings (SSSR count). The molecule has 0 unspecified atom stereocenters. The van der Waals surface area contributed by atoms with Gasteiger partial charge < -0.3 is 9.47 Å². The van der Waals surface area contributed by atoms with E-state index < -0.39 is 0 Å². The second-order valence-corrected chi connectivity index (χ2v) is 7.52. The summed E-state index contributed by atoms with van der Waals surface area (Å²) in [5.74, 6) is 1.63. The largest absolute Gasteiger partial charge is 0.489 e. The molecule has 0 amide bonds. The molecular weight excluding hydrogens is 380 g/mol. The summed E-state index contributed by atoms with van der Waals surface area (Å²) in [6.45, 7) is 1.26. The van der Waals surface area contributed by atoms with E-state index in [9.17, 15) is 0 Å². The van der Waals surface area contributed by atoms with E-state index in [0.29, 0.717) is 13.2 Å². The van der Waals surface area contributed by atoms with Crippen LogP contribution in [0.25, 0.3) is 11.1 Å². The smallest absolute Gasteiger partial charge is 0.168 e. The molecule has 0 fully saturated rings. The van der Waals surface area contributed by atoms with E-state index in [2.05, 4.69) is 84.9 Å². The van der Waals surface area contributed by atoms with Crippen molar-refractivity contribution in [3.63, 3.8) is 0 Å². The van der Waals surface area contributed by atoms with Gasteiger partial charge in [0.05, 0.1) is 13.2 Å². The van der Waals surface area contributed by atoms with Gasteiger partial charge in [0.25, 0.3) is 0 Å². The number of para-hydroxylation sites is 1. The van der Waals surface area contributed by atoms with Gasteiger partial charge in [-0.25, -0.2) is 0 Å². The van der Waals surface area contributed by atoms with Gasteiger partial charge in [-0.1, -0.05) is 103 Å². The molecule has 0 aliphatic rings. The molecule has 4 aromatic rings. The molecule has 2 heteroatoms. The normalized spacial score (nSPS) is 10.6. The Kier molecular flexibility index (Phi) is 7.38. The number of hydrogen-bond donors (Lipinski definition) is 0. The molecule has 156 valence electrons. The van der Waals surface area contributed by atoms with Gasteiger partial charge in [0.1, 0.15) is 0 Å². The first-order valence-corrected chi connectivity index (χ1v) is 10.9. The van der Waals surface area contributed by atoms with Crippen molar-refractivity contribution in [2.75, 3.05) is 13.2 Å². The number of aryl methyl sites for hydroxylation is 1. The Hall–Kier alpha value is -3.52.